The van der Waals surface area contributed by atoms with Crippen LogP contribution in [0.2, 0.25) is 5.02 Å². The van der Waals surface area contributed by atoms with E-state index in [0.717, 1.165) is 12.2 Å². The summed E-state index contributed by atoms with van der Waals surface area (Å²) in [5.74, 6) is 1.66. The fourth-order valence-electron chi connectivity index (χ4n) is 2.49. The first-order chi connectivity index (χ1) is 12.1. The van der Waals surface area contributed by atoms with Crippen molar-refractivity contribution in [3.8, 4) is 17.2 Å². The van der Waals surface area contributed by atoms with Crippen molar-refractivity contribution in [3.05, 3.63) is 53.1 Å². The van der Waals surface area contributed by atoms with E-state index in [1.54, 1.807) is 24.1 Å². The summed E-state index contributed by atoms with van der Waals surface area (Å²) < 4.78 is 16.8. The van der Waals surface area contributed by atoms with Crippen molar-refractivity contribution >= 4 is 17.5 Å². The maximum Gasteiger partial charge on any atom is 0.253 e. The second kappa shape index (κ2) is 8.12. The van der Waals surface area contributed by atoms with Gasteiger partial charge in [0.05, 0.1) is 24.8 Å². The zero-order valence-corrected chi connectivity index (χ0v) is 14.8. The van der Waals surface area contributed by atoms with Crippen LogP contribution in [0.5, 0.6) is 17.2 Å². The Bertz CT molecular complexity index is 736. The number of likely N-dealkylation sites (N-methyl/N-ethyl adjacent to an activating group) is 1. The van der Waals surface area contributed by atoms with Crippen molar-refractivity contribution < 1.29 is 19.0 Å². The zero-order chi connectivity index (χ0) is 17.6. The van der Waals surface area contributed by atoms with Crippen molar-refractivity contribution in [2.24, 2.45) is 0 Å². The maximum atomic E-state index is 12.6. The SMILES string of the molecule is CN(CCOc1ccccc1)C(=O)c1cc(Cl)c2c(c1)OCCCO2. The van der Waals surface area contributed by atoms with Crippen LogP contribution in [0, 0.1) is 0 Å². The highest BCUT2D eigenvalue weighted by atomic mass is 35.5. The Morgan fingerprint density at radius 1 is 1.20 bits per heavy atom. The minimum absolute atomic E-state index is 0.144. The first kappa shape index (κ1) is 17.4. The summed E-state index contributed by atoms with van der Waals surface area (Å²) in [5, 5.41) is 0.386. The van der Waals surface area contributed by atoms with Crippen LogP contribution in [-0.2, 0) is 0 Å². The molecule has 0 saturated heterocycles. The largest absolute Gasteiger partial charge is 0.492 e. The van der Waals surface area contributed by atoms with E-state index in [2.05, 4.69) is 0 Å². The molecule has 0 fully saturated rings. The van der Waals surface area contributed by atoms with Gasteiger partial charge in [-0.15, -0.1) is 0 Å². The van der Waals surface area contributed by atoms with Gasteiger partial charge in [0.25, 0.3) is 5.91 Å². The van der Waals surface area contributed by atoms with E-state index < -0.39 is 0 Å². The molecular formula is C19H20ClNO4. The van der Waals surface area contributed by atoms with Gasteiger partial charge in [-0.25, -0.2) is 0 Å². The summed E-state index contributed by atoms with van der Waals surface area (Å²) in [7, 11) is 1.73. The Balaban J connectivity index is 1.63. The summed E-state index contributed by atoms with van der Waals surface area (Å²) in [6, 6.07) is 12.8. The third kappa shape index (κ3) is 4.37. The number of nitrogens with zero attached hydrogens (tertiary/aromatic N) is 1. The molecule has 0 atom stereocenters. The summed E-state index contributed by atoms with van der Waals surface area (Å²) >= 11 is 6.25. The quantitative estimate of drug-likeness (QED) is 0.815. The smallest absolute Gasteiger partial charge is 0.253 e. The molecule has 2 aromatic rings. The molecule has 1 heterocycles. The molecule has 0 aromatic heterocycles. The lowest BCUT2D eigenvalue weighted by atomic mass is 10.1. The Kier molecular flexibility index (Phi) is 5.66. The highest BCUT2D eigenvalue weighted by molar-refractivity contribution is 6.32. The third-order valence-electron chi connectivity index (χ3n) is 3.83. The number of benzene rings is 2. The average Bonchev–Trinajstić information content (AvgIpc) is 2.87. The highest BCUT2D eigenvalue weighted by Crippen LogP contribution is 2.38. The van der Waals surface area contributed by atoms with Gasteiger partial charge in [-0.3, -0.25) is 4.79 Å². The van der Waals surface area contributed by atoms with Gasteiger partial charge in [0, 0.05) is 19.0 Å². The van der Waals surface area contributed by atoms with E-state index in [1.807, 2.05) is 30.3 Å². The Labute approximate surface area is 152 Å². The fourth-order valence-corrected chi connectivity index (χ4v) is 2.76. The van der Waals surface area contributed by atoms with Crippen LogP contribution < -0.4 is 14.2 Å². The van der Waals surface area contributed by atoms with Crippen molar-refractivity contribution in [1.82, 2.24) is 4.90 Å². The first-order valence-electron chi connectivity index (χ1n) is 8.17. The molecule has 5 nitrogen and oxygen atoms in total. The Morgan fingerprint density at radius 3 is 2.76 bits per heavy atom. The van der Waals surface area contributed by atoms with Gasteiger partial charge in [-0.05, 0) is 24.3 Å². The van der Waals surface area contributed by atoms with E-state index >= 15 is 0 Å². The molecule has 0 unspecified atom stereocenters. The molecule has 0 spiro atoms. The van der Waals surface area contributed by atoms with Gasteiger partial charge in [0.2, 0.25) is 0 Å². The molecule has 0 radical (unpaired) electrons. The van der Waals surface area contributed by atoms with Crippen LogP contribution in [0.3, 0.4) is 0 Å². The van der Waals surface area contributed by atoms with Gasteiger partial charge in [0.1, 0.15) is 12.4 Å². The Morgan fingerprint density at radius 2 is 1.96 bits per heavy atom. The number of para-hydroxylation sites is 1. The number of ether oxygens (including phenoxy) is 3. The topological polar surface area (TPSA) is 48.0 Å². The molecule has 6 heteroatoms. The van der Waals surface area contributed by atoms with Crippen LogP contribution in [-0.4, -0.2) is 44.2 Å². The van der Waals surface area contributed by atoms with E-state index in [1.165, 1.54) is 0 Å². The van der Waals surface area contributed by atoms with E-state index in [-0.39, 0.29) is 5.91 Å². The van der Waals surface area contributed by atoms with E-state index in [9.17, 15) is 4.79 Å². The van der Waals surface area contributed by atoms with Gasteiger partial charge >= 0.3 is 0 Å². The number of hydrogen-bond acceptors (Lipinski definition) is 4. The minimum atomic E-state index is -0.144. The van der Waals surface area contributed by atoms with Gasteiger partial charge < -0.3 is 19.1 Å². The van der Waals surface area contributed by atoms with Crippen LogP contribution in [0.4, 0.5) is 0 Å². The number of rotatable bonds is 5. The average molecular weight is 362 g/mol. The molecule has 2 aromatic carbocycles. The number of fused-ring (bicyclic) bond motifs is 1. The van der Waals surface area contributed by atoms with Crippen molar-refractivity contribution in [1.29, 1.82) is 0 Å². The number of amides is 1. The van der Waals surface area contributed by atoms with Crippen molar-refractivity contribution in [3.63, 3.8) is 0 Å². The maximum absolute atomic E-state index is 12.6. The molecule has 1 amide bonds. The van der Waals surface area contributed by atoms with Crippen LogP contribution >= 0.6 is 11.6 Å². The molecule has 25 heavy (non-hydrogen) atoms. The predicted octanol–water partition coefficient (Wildman–Crippen LogP) is 3.65. The molecule has 132 valence electrons. The molecule has 0 saturated carbocycles. The second-order valence-corrected chi connectivity index (χ2v) is 6.13. The van der Waals surface area contributed by atoms with Crippen molar-refractivity contribution in [2.45, 2.75) is 6.42 Å². The lowest BCUT2D eigenvalue weighted by molar-refractivity contribution is 0.0773. The molecule has 0 aliphatic carbocycles. The van der Waals surface area contributed by atoms with Crippen molar-refractivity contribution in [2.75, 3.05) is 33.4 Å². The van der Waals surface area contributed by atoms with Gasteiger partial charge in [-0.2, -0.15) is 0 Å². The number of halogens is 1. The molecule has 1 aliphatic heterocycles. The minimum Gasteiger partial charge on any atom is -0.492 e. The number of carbonyl (C=O) groups excluding carboxylic acids is 1. The monoisotopic (exact) mass is 361 g/mol. The lowest BCUT2D eigenvalue weighted by Gasteiger charge is -2.19. The van der Waals surface area contributed by atoms with Crippen LogP contribution in [0.25, 0.3) is 0 Å². The zero-order valence-electron chi connectivity index (χ0n) is 14.0. The Hall–Kier alpha value is -2.40. The molecule has 0 N–H and O–H groups in total. The van der Waals surface area contributed by atoms with Crippen LogP contribution in [0.1, 0.15) is 16.8 Å². The molecular weight excluding hydrogens is 342 g/mol. The fraction of sp³-hybridized carbons (Fsp3) is 0.316. The summed E-state index contributed by atoms with van der Waals surface area (Å²) in [6.07, 6.45) is 0.783. The lowest BCUT2D eigenvalue weighted by Crippen LogP contribution is -2.30. The number of carbonyl (C=O) groups is 1. The summed E-state index contributed by atoms with van der Waals surface area (Å²) in [6.45, 7) is 1.96. The molecule has 1 aliphatic rings. The highest BCUT2D eigenvalue weighted by Gasteiger charge is 2.20. The summed E-state index contributed by atoms with van der Waals surface area (Å²) in [5.41, 5.74) is 0.469. The van der Waals surface area contributed by atoms with Gasteiger partial charge in [0.15, 0.2) is 11.5 Å². The number of hydrogen-bond donors (Lipinski definition) is 0. The normalized spacial score (nSPS) is 13.0. The first-order valence-corrected chi connectivity index (χ1v) is 8.55. The van der Waals surface area contributed by atoms with E-state index in [0.29, 0.717) is 48.5 Å². The standard InChI is InChI=1S/C19H20ClNO4/c1-21(8-11-23-15-6-3-2-4-7-15)19(22)14-12-16(20)18-17(13-14)24-9-5-10-25-18/h2-4,6-7,12-13H,5,8-11H2,1H3. The molecule has 3 rings (SSSR count). The predicted molar refractivity (Wildman–Crippen MR) is 96.0 cm³/mol. The summed E-state index contributed by atoms with van der Waals surface area (Å²) in [4.78, 5) is 14.2. The van der Waals surface area contributed by atoms with E-state index in [4.69, 9.17) is 25.8 Å². The van der Waals surface area contributed by atoms with Crippen LogP contribution in [0.15, 0.2) is 42.5 Å². The molecule has 0 bridgehead atoms. The van der Waals surface area contributed by atoms with Gasteiger partial charge in [-0.1, -0.05) is 29.8 Å². The third-order valence-corrected chi connectivity index (χ3v) is 4.12. The second-order valence-electron chi connectivity index (χ2n) is 5.72.